The highest BCUT2D eigenvalue weighted by atomic mass is 16.2. The van der Waals surface area contributed by atoms with Crippen LogP contribution in [0, 0.1) is 17.8 Å². The van der Waals surface area contributed by atoms with Crippen LogP contribution in [0.25, 0.3) is 0 Å². The molecule has 2 fully saturated rings. The fraction of sp³-hybridized carbons (Fsp3) is 0.929. The zero-order chi connectivity index (χ0) is 12.3. The van der Waals surface area contributed by atoms with Crippen molar-refractivity contribution < 1.29 is 4.79 Å². The van der Waals surface area contributed by atoms with Gasteiger partial charge in [-0.05, 0) is 44.1 Å². The number of carbonyl (C=O) groups is 1. The highest BCUT2D eigenvalue weighted by molar-refractivity contribution is 5.78. The summed E-state index contributed by atoms with van der Waals surface area (Å²) in [5, 5.41) is 3.27. The van der Waals surface area contributed by atoms with Crippen molar-refractivity contribution in [3.8, 4) is 0 Å². The SMILES string of the molecule is CCNCC(C)C(=O)N(CC1CC1)CC1CC1. The third kappa shape index (κ3) is 4.30. The van der Waals surface area contributed by atoms with Gasteiger partial charge in [-0.2, -0.15) is 0 Å². The predicted octanol–water partition coefficient (Wildman–Crippen LogP) is 1.88. The summed E-state index contributed by atoms with van der Waals surface area (Å²) in [6.45, 7) is 7.95. The monoisotopic (exact) mass is 238 g/mol. The fourth-order valence-corrected chi connectivity index (χ4v) is 2.24. The van der Waals surface area contributed by atoms with Gasteiger partial charge in [0.25, 0.3) is 0 Å². The summed E-state index contributed by atoms with van der Waals surface area (Å²) in [7, 11) is 0. The van der Waals surface area contributed by atoms with Crippen LogP contribution in [0.4, 0.5) is 0 Å². The molecular formula is C14H26N2O. The molecule has 0 aromatic rings. The van der Waals surface area contributed by atoms with Gasteiger partial charge in [0.2, 0.25) is 5.91 Å². The van der Waals surface area contributed by atoms with Crippen LogP contribution in [0.1, 0.15) is 39.5 Å². The van der Waals surface area contributed by atoms with Gasteiger partial charge in [-0.25, -0.2) is 0 Å². The molecule has 2 saturated carbocycles. The topological polar surface area (TPSA) is 32.3 Å². The normalized spacial score (nSPS) is 21.3. The van der Waals surface area contributed by atoms with Gasteiger partial charge in [-0.1, -0.05) is 13.8 Å². The van der Waals surface area contributed by atoms with Crippen molar-refractivity contribution in [2.75, 3.05) is 26.2 Å². The van der Waals surface area contributed by atoms with Crippen LogP contribution in [-0.2, 0) is 4.79 Å². The van der Waals surface area contributed by atoms with E-state index in [9.17, 15) is 4.79 Å². The Bertz CT molecular complexity index is 245. The predicted molar refractivity (Wildman–Crippen MR) is 69.7 cm³/mol. The summed E-state index contributed by atoms with van der Waals surface area (Å²) in [5.41, 5.74) is 0. The van der Waals surface area contributed by atoms with Crippen molar-refractivity contribution in [1.82, 2.24) is 10.2 Å². The minimum absolute atomic E-state index is 0.132. The Balaban J connectivity index is 1.80. The molecule has 0 radical (unpaired) electrons. The summed E-state index contributed by atoms with van der Waals surface area (Å²) in [6.07, 6.45) is 5.32. The Morgan fingerprint density at radius 3 is 2.18 bits per heavy atom. The van der Waals surface area contributed by atoms with E-state index in [1.165, 1.54) is 25.7 Å². The van der Waals surface area contributed by atoms with Gasteiger partial charge < -0.3 is 10.2 Å². The summed E-state index contributed by atoms with van der Waals surface area (Å²) in [5.74, 6) is 2.12. The molecule has 98 valence electrons. The van der Waals surface area contributed by atoms with Crippen molar-refractivity contribution in [1.29, 1.82) is 0 Å². The molecule has 0 aromatic carbocycles. The van der Waals surface area contributed by atoms with Crippen molar-refractivity contribution in [3.63, 3.8) is 0 Å². The van der Waals surface area contributed by atoms with Crippen molar-refractivity contribution in [2.24, 2.45) is 17.8 Å². The second-order valence-electron chi connectivity index (χ2n) is 5.84. The van der Waals surface area contributed by atoms with Crippen molar-refractivity contribution in [3.05, 3.63) is 0 Å². The molecule has 1 N–H and O–H groups in total. The van der Waals surface area contributed by atoms with Crippen molar-refractivity contribution >= 4 is 5.91 Å². The first kappa shape index (κ1) is 12.9. The summed E-state index contributed by atoms with van der Waals surface area (Å²) in [6, 6.07) is 0. The Hall–Kier alpha value is -0.570. The Morgan fingerprint density at radius 1 is 1.24 bits per heavy atom. The van der Waals surface area contributed by atoms with E-state index in [-0.39, 0.29) is 5.92 Å². The molecule has 0 aliphatic heterocycles. The first-order chi connectivity index (χ1) is 8.20. The van der Waals surface area contributed by atoms with E-state index in [1.54, 1.807) is 0 Å². The lowest BCUT2D eigenvalue weighted by molar-refractivity contribution is -0.135. The molecule has 0 saturated heterocycles. The number of amides is 1. The van der Waals surface area contributed by atoms with Crippen LogP contribution >= 0.6 is 0 Å². The third-order valence-electron chi connectivity index (χ3n) is 3.78. The van der Waals surface area contributed by atoms with E-state index in [4.69, 9.17) is 0 Å². The molecule has 1 amide bonds. The molecule has 1 unspecified atom stereocenters. The van der Waals surface area contributed by atoms with Gasteiger partial charge in [0.05, 0.1) is 0 Å². The van der Waals surface area contributed by atoms with E-state index < -0.39 is 0 Å². The average Bonchev–Trinajstić information content (AvgIpc) is 3.18. The van der Waals surface area contributed by atoms with Crippen molar-refractivity contribution in [2.45, 2.75) is 39.5 Å². The highest BCUT2D eigenvalue weighted by Gasteiger charge is 2.32. The summed E-state index contributed by atoms with van der Waals surface area (Å²) < 4.78 is 0. The summed E-state index contributed by atoms with van der Waals surface area (Å²) >= 11 is 0. The maximum atomic E-state index is 12.4. The van der Waals surface area contributed by atoms with Gasteiger partial charge in [-0.3, -0.25) is 4.79 Å². The van der Waals surface area contributed by atoms with Crippen LogP contribution in [0.5, 0.6) is 0 Å². The maximum Gasteiger partial charge on any atom is 0.226 e. The van der Waals surface area contributed by atoms with E-state index >= 15 is 0 Å². The van der Waals surface area contributed by atoms with Gasteiger partial charge in [0.1, 0.15) is 0 Å². The molecule has 0 aromatic heterocycles. The molecule has 3 heteroatoms. The number of carbonyl (C=O) groups excluding carboxylic acids is 1. The van der Waals surface area contributed by atoms with Crippen LogP contribution < -0.4 is 5.32 Å². The Kier molecular flexibility index (Phi) is 4.43. The maximum absolute atomic E-state index is 12.4. The van der Waals surface area contributed by atoms with E-state index in [0.717, 1.165) is 38.0 Å². The lowest BCUT2D eigenvalue weighted by Crippen LogP contribution is -2.41. The standard InChI is InChI=1S/C14H26N2O/c1-3-15-8-11(2)14(17)16(9-12-4-5-12)10-13-6-7-13/h11-13,15H,3-10H2,1-2H3. The quantitative estimate of drug-likeness (QED) is 0.700. The Labute approximate surface area is 105 Å². The zero-order valence-corrected chi connectivity index (χ0v) is 11.2. The fourth-order valence-electron chi connectivity index (χ4n) is 2.24. The second-order valence-corrected chi connectivity index (χ2v) is 5.84. The first-order valence-corrected chi connectivity index (χ1v) is 7.20. The molecule has 0 heterocycles. The molecule has 2 rings (SSSR count). The van der Waals surface area contributed by atoms with Crippen LogP contribution in [0.3, 0.4) is 0 Å². The second kappa shape index (κ2) is 5.85. The molecule has 2 aliphatic rings. The summed E-state index contributed by atoms with van der Waals surface area (Å²) in [4.78, 5) is 14.5. The van der Waals surface area contributed by atoms with Crippen LogP contribution in [0.15, 0.2) is 0 Å². The van der Waals surface area contributed by atoms with E-state index in [1.807, 2.05) is 0 Å². The Morgan fingerprint density at radius 2 is 1.76 bits per heavy atom. The number of nitrogens with zero attached hydrogens (tertiary/aromatic N) is 1. The minimum atomic E-state index is 0.132. The highest BCUT2D eigenvalue weighted by Crippen LogP contribution is 2.34. The molecule has 1 atom stereocenters. The molecule has 17 heavy (non-hydrogen) atoms. The smallest absolute Gasteiger partial charge is 0.226 e. The number of nitrogens with one attached hydrogen (secondary N) is 1. The molecular weight excluding hydrogens is 212 g/mol. The molecule has 2 aliphatic carbocycles. The van der Waals surface area contributed by atoms with Gasteiger partial charge in [0, 0.05) is 25.6 Å². The van der Waals surface area contributed by atoms with Gasteiger partial charge in [0.15, 0.2) is 0 Å². The molecule has 0 bridgehead atoms. The van der Waals surface area contributed by atoms with Crippen LogP contribution in [-0.4, -0.2) is 37.0 Å². The minimum Gasteiger partial charge on any atom is -0.342 e. The van der Waals surface area contributed by atoms with Crippen LogP contribution in [0.2, 0.25) is 0 Å². The van der Waals surface area contributed by atoms with E-state index in [2.05, 4.69) is 24.1 Å². The zero-order valence-electron chi connectivity index (χ0n) is 11.2. The lowest BCUT2D eigenvalue weighted by Gasteiger charge is -2.26. The average molecular weight is 238 g/mol. The lowest BCUT2D eigenvalue weighted by atomic mass is 10.1. The number of rotatable bonds is 8. The van der Waals surface area contributed by atoms with Gasteiger partial charge in [-0.15, -0.1) is 0 Å². The number of hydrogen-bond acceptors (Lipinski definition) is 2. The van der Waals surface area contributed by atoms with Gasteiger partial charge >= 0.3 is 0 Å². The first-order valence-electron chi connectivity index (χ1n) is 7.20. The molecule has 3 nitrogen and oxygen atoms in total. The number of hydrogen-bond donors (Lipinski definition) is 1. The molecule has 0 spiro atoms. The largest absolute Gasteiger partial charge is 0.342 e. The third-order valence-corrected chi connectivity index (χ3v) is 3.78. The van der Waals surface area contributed by atoms with E-state index in [0.29, 0.717) is 5.91 Å².